The zero-order valence-electron chi connectivity index (χ0n) is 13.7. The van der Waals surface area contributed by atoms with Gasteiger partial charge in [0.05, 0.1) is 5.52 Å². The molecule has 2 amide bonds. The average molecular weight is 362 g/mol. The molecular weight excluding hydrogens is 346 g/mol. The van der Waals surface area contributed by atoms with E-state index in [0.29, 0.717) is 0 Å². The summed E-state index contributed by atoms with van der Waals surface area (Å²) in [4.78, 5) is 29.2. The number of H-pyrrole nitrogens is 2. The SMILES string of the molecule is C[C@@H](CNC(=O)c1cc(F)c[nH]1)NC(=O)c1cc2c(O)ccc(F)c2[nH]1. The maximum absolute atomic E-state index is 13.7. The maximum atomic E-state index is 13.7. The molecule has 3 rings (SSSR count). The van der Waals surface area contributed by atoms with Gasteiger partial charge in [0.2, 0.25) is 0 Å². The number of aromatic amines is 2. The average Bonchev–Trinajstić information content (AvgIpc) is 3.23. The van der Waals surface area contributed by atoms with Gasteiger partial charge in [0.25, 0.3) is 11.8 Å². The number of carbonyl (C=O) groups excluding carboxylic acids is 2. The molecule has 26 heavy (non-hydrogen) atoms. The summed E-state index contributed by atoms with van der Waals surface area (Å²) in [6.07, 6.45) is 1.06. The molecule has 0 aliphatic heterocycles. The minimum absolute atomic E-state index is 0.0323. The lowest BCUT2D eigenvalue weighted by Crippen LogP contribution is -2.42. The molecule has 0 radical (unpaired) electrons. The number of rotatable bonds is 5. The topological polar surface area (TPSA) is 110 Å². The molecule has 0 unspecified atom stereocenters. The second-order valence-corrected chi connectivity index (χ2v) is 5.85. The van der Waals surface area contributed by atoms with E-state index in [0.717, 1.165) is 18.3 Å². The number of nitrogens with one attached hydrogen (secondary N) is 4. The first kappa shape index (κ1) is 17.5. The lowest BCUT2D eigenvalue weighted by Gasteiger charge is -2.14. The molecule has 0 spiro atoms. The standard InChI is InChI=1S/C17H16F2N4O3/c1-8(6-21-16(25)12-4-9(18)7-20-12)22-17(26)13-5-10-14(24)3-2-11(19)15(10)23-13/h2-5,7-8,20,23-24H,6H2,1H3,(H,21,25)(H,22,26)/t8-/m0/s1. The molecule has 3 aromatic rings. The van der Waals surface area contributed by atoms with Gasteiger partial charge in [-0.15, -0.1) is 0 Å². The zero-order valence-corrected chi connectivity index (χ0v) is 13.7. The van der Waals surface area contributed by atoms with Crippen LogP contribution in [0, 0.1) is 11.6 Å². The van der Waals surface area contributed by atoms with Crippen LogP contribution in [0.2, 0.25) is 0 Å². The van der Waals surface area contributed by atoms with Crippen LogP contribution in [0.25, 0.3) is 10.9 Å². The van der Waals surface area contributed by atoms with E-state index >= 15 is 0 Å². The van der Waals surface area contributed by atoms with Gasteiger partial charge in [-0.25, -0.2) is 8.78 Å². The summed E-state index contributed by atoms with van der Waals surface area (Å²) in [6.45, 7) is 1.76. The molecule has 9 heteroatoms. The Kier molecular flexibility index (Phi) is 4.61. The zero-order chi connectivity index (χ0) is 18.8. The summed E-state index contributed by atoms with van der Waals surface area (Å²) in [5.41, 5.74) is 0.178. The number of phenolic OH excluding ortho intramolecular Hbond substituents is 1. The summed E-state index contributed by atoms with van der Waals surface area (Å²) in [5.74, 6) is -2.31. The fraction of sp³-hybridized carbons (Fsp3) is 0.176. The van der Waals surface area contributed by atoms with Gasteiger partial charge in [-0.1, -0.05) is 0 Å². The number of amides is 2. The quantitative estimate of drug-likeness (QED) is 0.479. The van der Waals surface area contributed by atoms with Gasteiger partial charge in [-0.3, -0.25) is 9.59 Å². The Bertz CT molecular complexity index is 941. The highest BCUT2D eigenvalue weighted by atomic mass is 19.1. The first-order valence-electron chi connectivity index (χ1n) is 7.78. The van der Waals surface area contributed by atoms with Crippen molar-refractivity contribution in [3.63, 3.8) is 0 Å². The number of fused-ring (bicyclic) bond motifs is 1. The van der Waals surface area contributed by atoms with Crippen LogP contribution in [0.5, 0.6) is 5.75 Å². The van der Waals surface area contributed by atoms with E-state index < -0.39 is 29.5 Å². The van der Waals surface area contributed by atoms with Gasteiger partial charge in [-0.05, 0) is 25.1 Å². The maximum Gasteiger partial charge on any atom is 0.268 e. The van der Waals surface area contributed by atoms with Crippen LogP contribution >= 0.6 is 0 Å². The fourth-order valence-electron chi connectivity index (χ4n) is 2.49. The van der Waals surface area contributed by atoms with Crippen molar-refractivity contribution < 1.29 is 23.5 Å². The van der Waals surface area contributed by atoms with Gasteiger partial charge < -0.3 is 25.7 Å². The Hall–Kier alpha value is -3.36. The van der Waals surface area contributed by atoms with Crippen molar-refractivity contribution >= 4 is 22.7 Å². The highest BCUT2D eigenvalue weighted by molar-refractivity contribution is 6.00. The summed E-state index contributed by atoms with van der Waals surface area (Å²) in [6, 6.07) is 4.25. The first-order valence-corrected chi connectivity index (χ1v) is 7.78. The van der Waals surface area contributed by atoms with E-state index in [1.165, 1.54) is 12.1 Å². The molecule has 2 heterocycles. The van der Waals surface area contributed by atoms with Crippen LogP contribution < -0.4 is 10.6 Å². The Morgan fingerprint density at radius 1 is 1.19 bits per heavy atom. The molecule has 0 aliphatic rings. The van der Waals surface area contributed by atoms with Crippen molar-refractivity contribution in [3.8, 4) is 5.75 Å². The molecule has 0 fully saturated rings. The highest BCUT2D eigenvalue weighted by Crippen LogP contribution is 2.27. The molecule has 0 aliphatic carbocycles. The third kappa shape index (κ3) is 3.51. The van der Waals surface area contributed by atoms with E-state index in [9.17, 15) is 23.5 Å². The van der Waals surface area contributed by atoms with Crippen molar-refractivity contribution in [2.24, 2.45) is 0 Å². The van der Waals surface area contributed by atoms with Crippen molar-refractivity contribution in [2.45, 2.75) is 13.0 Å². The van der Waals surface area contributed by atoms with E-state index in [-0.39, 0.29) is 34.6 Å². The van der Waals surface area contributed by atoms with Crippen molar-refractivity contribution in [1.29, 1.82) is 0 Å². The number of hydrogen-bond acceptors (Lipinski definition) is 3. The largest absolute Gasteiger partial charge is 0.507 e. The van der Waals surface area contributed by atoms with Gasteiger partial charge in [0.15, 0.2) is 0 Å². The Balaban J connectivity index is 1.61. The predicted molar refractivity (Wildman–Crippen MR) is 89.9 cm³/mol. The van der Waals surface area contributed by atoms with Crippen LogP contribution in [0.3, 0.4) is 0 Å². The molecule has 2 aromatic heterocycles. The predicted octanol–water partition coefficient (Wildman–Crippen LogP) is 2.03. The minimum Gasteiger partial charge on any atom is -0.507 e. The van der Waals surface area contributed by atoms with Crippen LogP contribution in [0.15, 0.2) is 30.5 Å². The van der Waals surface area contributed by atoms with Crippen molar-refractivity contribution in [2.75, 3.05) is 6.54 Å². The van der Waals surface area contributed by atoms with Crippen LogP contribution in [0.4, 0.5) is 8.78 Å². The second kappa shape index (κ2) is 6.87. The number of carbonyl (C=O) groups is 2. The van der Waals surface area contributed by atoms with E-state index in [4.69, 9.17) is 0 Å². The molecule has 0 bridgehead atoms. The van der Waals surface area contributed by atoms with Crippen molar-refractivity contribution in [3.05, 3.63) is 53.5 Å². The smallest absolute Gasteiger partial charge is 0.268 e. The van der Waals surface area contributed by atoms with Crippen LogP contribution in [0.1, 0.15) is 27.9 Å². The van der Waals surface area contributed by atoms with Gasteiger partial charge in [0, 0.05) is 30.2 Å². The highest BCUT2D eigenvalue weighted by Gasteiger charge is 2.17. The fourth-order valence-corrected chi connectivity index (χ4v) is 2.49. The van der Waals surface area contributed by atoms with Crippen LogP contribution in [-0.2, 0) is 0 Å². The summed E-state index contributed by atoms with van der Waals surface area (Å²) >= 11 is 0. The Labute approximate surface area is 146 Å². The number of aromatic nitrogens is 2. The molecule has 5 N–H and O–H groups in total. The number of halogens is 2. The van der Waals surface area contributed by atoms with Gasteiger partial charge >= 0.3 is 0 Å². The third-order valence-electron chi connectivity index (χ3n) is 3.80. The number of hydrogen-bond donors (Lipinski definition) is 5. The lowest BCUT2D eigenvalue weighted by atomic mass is 10.2. The summed E-state index contributed by atoms with van der Waals surface area (Å²) < 4.78 is 26.6. The number of phenols is 1. The molecule has 7 nitrogen and oxygen atoms in total. The van der Waals surface area contributed by atoms with E-state index in [1.807, 2.05) is 0 Å². The number of benzene rings is 1. The molecule has 0 saturated carbocycles. The molecule has 1 atom stereocenters. The lowest BCUT2D eigenvalue weighted by molar-refractivity contribution is 0.0908. The van der Waals surface area contributed by atoms with Crippen LogP contribution in [-0.4, -0.2) is 39.5 Å². The van der Waals surface area contributed by atoms with E-state index in [1.54, 1.807) is 6.92 Å². The first-order chi connectivity index (χ1) is 12.3. The molecule has 1 aromatic carbocycles. The Morgan fingerprint density at radius 2 is 1.96 bits per heavy atom. The third-order valence-corrected chi connectivity index (χ3v) is 3.80. The van der Waals surface area contributed by atoms with Gasteiger partial charge in [0.1, 0.15) is 28.8 Å². The molecular formula is C17H16F2N4O3. The monoisotopic (exact) mass is 362 g/mol. The molecule has 0 saturated heterocycles. The molecule has 136 valence electrons. The normalized spacial score (nSPS) is 12.1. The van der Waals surface area contributed by atoms with Crippen molar-refractivity contribution in [1.82, 2.24) is 20.6 Å². The summed E-state index contributed by atoms with van der Waals surface area (Å²) in [5, 5.41) is 15.1. The second-order valence-electron chi connectivity index (χ2n) is 5.85. The number of aromatic hydroxyl groups is 1. The van der Waals surface area contributed by atoms with Gasteiger partial charge in [-0.2, -0.15) is 0 Å². The minimum atomic E-state index is -0.588. The summed E-state index contributed by atoms with van der Waals surface area (Å²) in [7, 11) is 0. The van der Waals surface area contributed by atoms with E-state index in [2.05, 4.69) is 20.6 Å². The Morgan fingerprint density at radius 3 is 2.62 bits per heavy atom.